The van der Waals surface area contributed by atoms with Crippen LogP contribution in [0.3, 0.4) is 0 Å². The maximum Gasteiger partial charge on any atom is 0.224 e. The van der Waals surface area contributed by atoms with Gasteiger partial charge in [-0.3, -0.25) is 14.4 Å². The van der Waals surface area contributed by atoms with Gasteiger partial charge in [-0.15, -0.1) is 0 Å². The zero-order valence-corrected chi connectivity index (χ0v) is 16.5. The van der Waals surface area contributed by atoms with Crippen LogP contribution in [0.2, 0.25) is 0 Å². The lowest BCUT2D eigenvalue weighted by Crippen LogP contribution is -2.54. The largest absolute Gasteiger partial charge is 0.299 e. The second-order valence-corrected chi connectivity index (χ2v) is 9.77. The molecule has 3 nitrogen and oxygen atoms in total. The van der Waals surface area contributed by atoms with Gasteiger partial charge >= 0.3 is 0 Å². The predicted molar refractivity (Wildman–Crippen MR) is 101 cm³/mol. The fraction of sp³-hybridized carbons (Fsp3) is 0.682. The Bertz CT molecular complexity index is 750. The van der Waals surface area contributed by atoms with Crippen LogP contribution in [0, 0.1) is 40.4 Å². The second-order valence-electron chi connectivity index (χ2n) is 9.40. The third-order valence-electron chi connectivity index (χ3n) is 8.29. The van der Waals surface area contributed by atoms with Gasteiger partial charge in [0, 0.05) is 23.7 Å². The Hall–Kier alpha value is -1.22. The van der Waals surface area contributed by atoms with Crippen LogP contribution in [-0.2, 0) is 14.4 Å². The van der Waals surface area contributed by atoms with Gasteiger partial charge in [0.15, 0.2) is 5.78 Å². The lowest BCUT2D eigenvalue weighted by atomic mass is 9.47. The monoisotopic (exact) mass is 374 g/mol. The topological polar surface area (TPSA) is 51.2 Å². The SMILES string of the molecule is CC(C(=O)Cl)[C@H]1CCC2C3CCC4=CC(=O)C=C[C@]4(C)C3C(=O)C[C@@]21C. The summed E-state index contributed by atoms with van der Waals surface area (Å²) in [6, 6.07) is 0. The quantitative estimate of drug-likeness (QED) is 0.669. The van der Waals surface area contributed by atoms with E-state index in [1.807, 2.05) is 13.0 Å². The first-order chi connectivity index (χ1) is 12.2. The third-order valence-corrected chi connectivity index (χ3v) is 8.63. The van der Waals surface area contributed by atoms with Crippen molar-refractivity contribution in [3.05, 3.63) is 23.8 Å². The number of hydrogen-bond acceptors (Lipinski definition) is 3. The first-order valence-corrected chi connectivity index (χ1v) is 10.2. The van der Waals surface area contributed by atoms with Crippen molar-refractivity contribution in [2.24, 2.45) is 40.4 Å². The summed E-state index contributed by atoms with van der Waals surface area (Å²) >= 11 is 5.83. The summed E-state index contributed by atoms with van der Waals surface area (Å²) in [5, 5.41) is -0.277. The van der Waals surface area contributed by atoms with E-state index in [9.17, 15) is 14.4 Å². The average molecular weight is 375 g/mol. The van der Waals surface area contributed by atoms with Crippen LogP contribution in [0.4, 0.5) is 0 Å². The molecule has 0 aliphatic heterocycles. The number of ketones is 2. The molecule has 0 saturated heterocycles. The van der Waals surface area contributed by atoms with Gasteiger partial charge < -0.3 is 0 Å². The van der Waals surface area contributed by atoms with E-state index in [0.29, 0.717) is 24.0 Å². The lowest BCUT2D eigenvalue weighted by molar-refractivity contribution is -0.144. The van der Waals surface area contributed by atoms with Gasteiger partial charge in [-0.25, -0.2) is 0 Å². The van der Waals surface area contributed by atoms with Crippen LogP contribution in [0.25, 0.3) is 0 Å². The summed E-state index contributed by atoms with van der Waals surface area (Å²) in [4.78, 5) is 37.0. The van der Waals surface area contributed by atoms with Crippen LogP contribution < -0.4 is 0 Å². The predicted octanol–water partition coefficient (Wildman–Crippen LogP) is 4.49. The van der Waals surface area contributed by atoms with E-state index in [1.165, 1.54) is 0 Å². The Balaban J connectivity index is 1.71. The first-order valence-electron chi connectivity index (χ1n) is 9.85. The van der Waals surface area contributed by atoms with E-state index in [0.717, 1.165) is 31.3 Å². The van der Waals surface area contributed by atoms with E-state index in [2.05, 4.69) is 13.8 Å². The summed E-state index contributed by atoms with van der Waals surface area (Å²) in [6.07, 6.45) is 9.81. The van der Waals surface area contributed by atoms with Crippen molar-refractivity contribution in [3.8, 4) is 0 Å². The fourth-order valence-electron chi connectivity index (χ4n) is 7.05. The summed E-state index contributed by atoms with van der Waals surface area (Å²) in [6.45, 7) is 6.27. The molecule has 4 unspecified atom stereocenters. The number of carbonyl (C=O) groups excluding carboxylic acids is 3. The number of allylic oxidation sites excluding steroid dienone is 4. The number of carbonyl (C=O) groups is 3. The van der Waals surface area contributed by atoms with Crippen LogP contribution >= 0.6 is 11.6 Å². The van der Waals surface area contributed by atoms with Gasteiger partial charge in [0.2, 0.25) is 5.24 Å². The smallest absolute Gasteiger partial charge is 0.224 e. The molecule has 0 bridgehead atoms. The fourth-order valence-corrected chi connectivity index (χ4v) is 7.20. The molecule has 4 aliphatic carbocycles. The van der Waals surface area contributed by atoms with Crippen molar-refractivity contribution in [2.75, 3.05) is 0 Å². The highest BCUT2D eigenvalue weighted by Gasteiger charge is 2.62. The van der Waals surface area contributed by atoms with E-state index in [-0.39, 0.29) is 39.6 Å². The number of Topliss-reactive ketones (excluding diaryl/α,β-unsaturated/α-hetero) is 1. The molecule has 0 spiro atoms. The first kappa shape index (κ1) is 18.2. The molecule has 26 heavy (non-hydrogen) atoms. The number of hydrogen-bond donors (Lipinski definition) is 0. The van der Waals surface area contributed by atoms with Crippen LogP contribution in [-0.4, -0.2) is 16.8 Å². The Kier molecular flexibility index (Phi) is 4.11. The van der Waals surface area contributed by atoms with Crippen LogP contribution in [0.5, 0.6) is 0 Å². The number of halogens is 1. The third kappa shape index (κ3) is 2.35. The molecule has 0 aromatic heterocycles. The van der Waals surface area contributed by atoms with Gasteiger partial charge in [0.1, 0.15) is 5.78 Å². The normalized spacial score (nSPS) is 45.5. The van der Waals surface area contributed by atoms with Gasteiger partial charge in [0.25, 0.3) is 0 Å². The van der Waals surface area contributed by atoms with Crippen molar-refractivity contribution in [1.82, 2.24) is 0 Å². The van der Waals surface area contributed by atoms with Crippen LogP contribution in [0.15, 0.2) is 23.8 Å². The van der Waals surface area contributed by atoms with Gasteiger partial charge in [0.05, 0.1) is 0 Å². The van der Waals surface area contributed by atoms with E-state index < -0.39 is 0 Å². The number of rotatable bonds is 2. The molecule has 4 heteroatoms. The summed E-state index contributed by atoms with van der Waals surface area (Å²) in [7, 11) is 0. The molecule has 0 aromatic rings. The Morgan fingerprint density at radius 3 is 2.65 bits per heavy atom. The Morgan fingerprint density at radius 2 is 1.96 bits per heavy atom. The Labute approximate surface area is 160 Å². The molecule has 7 atom stereocenters. The molecule has 0 N–H and O–H groups in total. The molecule has 4 rings (SSSR count). The number of fused-ring (bicyclic) bond motifs is 5. The average Bonchev–Trinajstić information content (AvgIpc) is 2.90. The molecule has 0 amide bonds. The molecular formula is C22H27ClO3. The molecule has 0 heterocycles. The Morgan fingerprint density at radius 1 is 1.23 bits per heavy atom. The summed E-state index contributed by atoms with van der Waals surface area (Å²) in [5.74, 6) is 1.10. The molecule has 140 valence electrons. The highest BCUT2D eigenvalue weighted by Crippen LogP contribution is 2.65. The van der Waals surface area contributed by atoms with Crippen molar-refractivity contribution in [2.45, 2.75) is 52.9 Å². The van der Waals surface area contributed by atoms with Crippen molar-refractivity contribution >= 4 is 28.4 Å². The highest BCUT2D eigenvalue weighted by atomic mass is 35.5. The highest BCUT2D eigenvalue weighted by molar-refractivity contribution is 6.63. The van der Waals surface area contributed by atoms with Gasteiger partial charge in [-0.2, -0.15) is 0 Å². The minimum Gasteiger partial charge on any atom is -0.299 e. The zero-order valence-electron chi connectivity index (χ0n) is 15.8. The lowest BCUT2D eigenvalue weighted by Gasteiger charge is -2.56. The molecule has 3 saturated carbocycles. The van der Waals surface area contributed by atoms with Gasteiger partial charge in [-0.05, 0) is 72.6 Å². The van der Waals surface area contributed by atoms with E-state index in [4.69, 9.17) is 11.6 Å². The van der Waals surface area contributed by atoms with Crippen molar-refractivity contribution < 1.29 is 14.4 Å². The molecule has 0 radical (unpaired) electrons. The van der Waals surface area contributed by atoms with Gasteiger partial charge in [-0.1, -0.05) is 32.4 Å². The van der Waals surface area contributed by atoms with Crippen molar-refractivity contribution in [3.63, 3.8) is 0 Å². The second kappa shape index (κ2) is 5.89. The zero-order chi connectivity index (χ0) is 18.9. The maximum absolute atomic E-state index is 13.4. The molecule has 0 aromatic carbocycles. The van der Waals surface area contributed by atoms with Crippen LogP contribution in [0.1, 0.15) is 52.9 Å². The standard InChI is InChI=1S/C22H27ClO3/c1-12(20(23)26)16-6-7-17-15-5-4-13-10-14(24)8-9-21(13,2)19(15)18(25)11-22(16,17)3/h8-10,12,15-17,19H,4-7,11H2,1-3H3/t12?,15?,16-,17?,19?,21+,22-/m1/s1. The summed E-state index contributed by atoms with van der Waals surface area (Å²) < 4.78 is 0. The van der Waals surface area contributed by atoms with Crippen molar-refractivity contribution in [1.29, 1.82) is 0 Å². The summed E-state index contributed by atoms with van der Waals surface area (Å²) in [5.41, 5.74) is 0.678. The van der Waals surface area contributed by atoms with E-state index >= 15 is 0 Å². The maximum atomic E-state index is 13.4. The molecular weight excluding hydrogens is 348 g/mol. The molecule has 3 fully saturated rings. The minimum atomic E-state index is -0.318. The van der Waals surface area contributed by atoms with E-state index in [1.54, 1.807) is 12.2 Å². The minimum absolute atomic E-state index is 0.0364. The molecule has 4 aliphatic rings.